The van der Waals surface area contributed by atoms with Gasteiger partial charge < -0.3 is 10.6 Å². The Kier molecular flexibility index (Phi) is 6.33. The van der Waals surface area contributed by atoms with Gasteiger partial charge in [0.05, 0.1) is 9.09 Å². The second kappa shape index (κ2) is 8.87. The molecule has 0 bridgehead atoms. The van der Waals surface area contributed by atoms with E-state index in [-0.39, 0.29) is 18.0 Å². The van der Waals surface area contributed by atoms with Crippen LogP contribution in [0.15, 0.2) is 30.5 Å². The molecule has 6 nitrogen and oxygen atoms in total. The highest BCUT2D eigenvalue weighted by molar-refractivity contribution is 14.1. The maximum Gasteiger partial charge on any atom is 0.433 e. The van der Waals surface area contributed by atoms with Gasteiger partial charge >= 0.3 is 6.18 Å². The fraction of sp³-hybridized carbons (Fsp3) is 0.409. The van der Waals surface area contributed by atoms with Crippen LogP contribution < -0.4 is 10.6 Å². The molecule has 1 aliphatic rings. The fourth-order valence-corrected chi connectivity index (χ4v) is 4.90. The van der Waals surface area contributed by atoms with Crippen LogP contribution in [0.5, 0.6) is 0 Å². The third-order valence-corrected chi connectivity index (χ3v) is 6.41. The Hall–Kier alpha value is -2.37. The molecule has 170 valence electrons. The zero-order valence-corrected chi connectivity index (χ0v) is 19.8. The molecule has 3 aromatic rings. The Morgan fingerprint density at radius 3 is 2.66 bits per heavy atom. The van der Waals surface area contributed by atoms with E-state index in [9.17, 15) is 18.0 Å². The normalized spacial score (nSPS) is 19.2. The first-order valence-electron chi connectivity index (χ1n) is 10.4. The summed E-state index contributed by atoms with van der Waals surface area (Å²) in [5.41, 5.74) is 1.14. The van der Waals surface area contributed by atoms with Crippen molar-refractivity contribution in [2.75, 3.05) is 5.32 Å². The number of aryl methyl sites for hydroxylation is 2. The van der Waals surface area contributed by atoms with E-state index in [2.05, 4.69) is 43.3 Å². The van der Waals surface area contributed by atoms with E-state index < -0.39 is 11.9 Å². The molecule has 0 radical (unpaired) electrons. The van der Waals surface area contributed by atoms with Crippen molar-refractivity contribution >= 4 is 45.1 Å². The maximum absolute atomic E-state index is 13.4. The smallest absolute Gasteiger partial charge is 0.382 e. The lowest BCUT2D eigenvalue weighted by Crippen LogP contribution is -2.42. The highest BCUT2D eigenvalue weighted by Gasteiger charge is 2.34. The number of nitrogens with zero attached hydrogens (tertiary/aromatic N) is 3. The predicted octanol–water partition coefficient (Wildman–Crippen LogP) is 5.05. The van der Waals surface area contributed by atoms with Crippen molar-refractivity contribution in [3.8, 4) is 0 Å². The molecule has 0 unspecified atom stereocenters. The molecule has 2 heterocycles. The van der Waals surface area contributed by atoms with Crippen LogP contribution in [-0.2, 0) is 13.2 Å². The molecular formula is C22H23F3IN5O. The van der Waals surface area contributed by atoms with E-state index in [1.807, 2.05) is 13.0 Å². The van der Waals surface area contributed by atoms with Gasteiger partial charge in [-0.15, -0.1) is 0 Å². The average molecular weight is 557 g/mol. The molecule has 32 heavy (non-hydrogen) atoms. The zero-order chi connectivity index (χ0) is 23.0. The van der Waals surface area contributed by atoms with E-state index in [4.69, 9.17) is 0 Å². The second-order valence-electron chi connectivity index (χ2n) is 8.25. The first-order chi connectivity index (χ1) is 15.1. The molecule has 0 aliphatic heterocycles. The van der Waals surface area contributed by atoms with Gasteiger partial charge in [-0.25, -0.2) is 4.98 Å². The minimum absolute atomic E-state index is 0.0657. The summed E-state index contributed by atoms with van der Waals surface area (Å²) in [5, 5.41) is 11.2. The van der Waals surface area contributed by atoms with Crippen molar-refractivity contribution in [3.05, 3.63) is 51.0 Å². The van der Waals surface area contributed by atoms with E-state index in [1.165, 1.54) is 0 Å². The van der Waals surface area contributed by atoms with Gasteiger partial charge in [0.1, 0.15) is 5.69 Å². The Labute approximate surface area is 197 Å². The first-order valence-corrected chi connectivity index (χ1v) is 11.4. The Morgan fingerprint density at radius 1 is 1.22 bits per heavy atom. The van der Waals surface area contributed by atoms with Gasteiger partial charge in [0, 0.05) is 36.4 Å². The number of carbonyl (C=O) groups excluding carboxylic acids is 1. The summed E-state index contributed by atoms with van der Waals surface area (Å²) in [6.07, 6.45) is 0.345. The number of hydrogen-bond acceptors (Lipinski definition) is 4. The number of pyridine rings is 1. The number of benzene rings is 1. The molecule has 2 aromatic heterocycles. The average Bonchev–Trinajstić information content (AvgIpc) is 3.06. The molecule has 2 atom stereocenters. The van der Waals surface area contributed by atoms with Crippen molar-refractivity contribution in [2.45, 2.75) is 50.9 Å². The molecule has 1 aliphatic carbocycles. The van der Waals surface area contributed by atoms with Crippen LogP contribution in [0.1, 0.15) is 47.4 Å². The number of rotatable bonds is 4. The quantitative estimate of drug-likeness (QED) is 0.441. The van der Waals surface area contributed by atoms with Crippen molar-refractivity contribution in [2.24, 2.45) is 7.05 Å². The minimum atomic E-state index is -4.53. The van der Waals surface area contributed by atoms with Crippen LogP contribution in [0.25, 0.3) is 10.9 Å². The van der Waals surface area contributed by atoms with Gasteiger partial charge in [-0.2, -0.15) is 18.3 Å². The lowest BCUT2D eigenvalue weighted by atomic mass is 9.90. The number of fused-ring (bicyclic) bond motifs is 1. The number of hydrogen-bond donors (Lipinski definition) is 2. The largest absolute Gasteiger partial charge is 0.433 e. The number of alkyl halides is 3. The van der Waals surface area contributed by atoms with Gasteiger partial charge in [-0.1, -0.05) is 11.6 Å². The molecule has 2 N–H and O–H groups in total. The van der Waals surface area contributed by atoms with E-state index in [1.54, 1.807) is 30.1 Å². The molecule has 1 aromatic carbocycles. The summed E-state index contributed by atoms with van der Waals surface area (Å²) >= 11 is 2.08. The zero-order valence-electron chi connectivity index (χ0n) is 17.6. The topological polar surface area (TPSA) is 71.8 Å². The third kappa shape index (κ3) is 5.00. The predicted molar refractivity (Wildman–Crippen MR) is 125 cm³/mol. The van der Waals surface area contributed by atoms with Gasteiger partial charge in [0.15, 0.2) is 5.69 Å². The second-order valence-corrected chi connectivity index (χ2v) is 9.41. The Bertz CT molecular complexity index is 1160. The number of nitrogens with one attached hydrogen (secondary N) is 2. The van der Waals surface area contributed by atoms with Crippen molar-refractivity contribution in [3.63, 3.8) is 0 Å². The first kappa shape index (κ1) is 22.8. The number of carbonyl (C=O) groups is 1. The summed E-state index contributed by atoms with van der Waals surface area (Å²) in [5.74, 6) is -0.231. The minimum Gasteiger partial charge on any atom is -0.382 e. The summed E-state index contributed by atoms with van der Waals surface area (Å²) in [7, 11) is 1.76. The molecule has 0 spiro atoms. The highest BCUT2D eigenvalue weighted by atomic mass is 127. The lowest BCUT2D eigenvalue weighted by molar-refractivity contribution is -0.140. The van der Waals surface area contributed by atoms with Crippen LogP contribution in [0.2, 0.25) is 0 Å². The van der Waals surface area contributed by atoms with Crippen molar-refractivity contribution < 1.29 is 18.0 Å². The van der Waals surface area contributed by atoms with Crippen LogP contribution in [0, 0.1) is 10.5 Å². The summed E-state index contributed by atoms with van der Waals surface area (Å²) < 4.78 is 42.6. The third-order valence-electron chi connectivity index (χ3n) is 5.62. The summed E-state index contributed by atoms with van der Waals surface area (Å²) in [4.78, 5) is 16.4. The molecule has 1 fully saturated rings. The van der Waals surface area contributed by atoms with E-state index in [0.717, 1.165) is 34.5 Å². The van der Waals surface area contributed by atoms with Crippen LogP contribution in [0.3, 0.4) is 0 Å². The van der Waals surface area contributed by atoms with E-state index >= 15 is 0 Å². The monoisotopic (exact) mass is 557 g/mol. The number of aromatic nitrogens is 3. The van der Waals surface area contributed by atoms with Crippen molar-refractivity contribution in [1.29, 1.82) is 0 Å². The molecule has 4 rings (SSSR count). The van der Waals surface area contributed by atoms with Crippen LogP contribution in [0.4, 0.5) is 18.9 Å². The summed E-state index contributed by atoms with van der Waals surface area (Å²) in [6.45, 7) is 1.89. The van der Waals surface area contributed by atoms with Gasteiger partial charge in [0.25, 0.3) is 5.91 Å². The molecular weight excluding hydrogens is 534 g/mol. The SMILES string of the molecule is Cc1ccc2nc(C(F)(F)F)cc(N[C@H]3CCC[C@@H](NC(=O)c4nn(C)cc4I)C3)c2c1. The molecule has 10 heteroatoms. The van der Waals surface area contributed by atoms with Crippen LogP contribution in [-0.4, -0.2) is 32.8 Å². The molecule has 1 amide bonds. The number of amides is 1. The van der Waals surface area contributed by atoms with Crippen LogP contribution >= 0.6 is 22.6 Å². The maximum atomic E-state index is 13.4. The molecule has 0 saturated heterocycles. The fourth-order valence-electron chi connectivity index (χ4n) is 4.14. The van der Waals surface area contributed by atoms with E-state index in [0.29, 0.717) is 28.7 Å². The Balaban J connectivity index is 1.54. The number of anilines is 1. The van der Waals surface area contributed by atoms with Gasteiger partial charge in [-0.3, -0.25) is 9.48 Å². The standard InChI is InChI=1S/C22H23F3IN5O/c1-12-6-7-17-15(8-12)18(10-19(29-17)22(23,24)25)27-13-4-3-5-14(9-13)28-21(32)20-16(26)11-31(2)30-20/h6-8,10-11,13-14H,3-5,9H2,1-2H3,(H,27,29)(H,28,32)/t13-,14+/m0/s1. The highest BCUT2D eigenvalue weighted by Crippen LogP contribution is 2.34. The molecule has 1 saturated carbocycles. The summed E-state index contributed by atoms with van der Waals surface area (Å²) in [6, 6.07) is 6.15. The van der Waals surface area contributed by atoms with Crippen molar-refractivity contribution in [1.82, 2.24) is 20.1 Å². The van der Waals surface area contributed by atoms with Gasteiger partial charge in [0.2, 0.25) is 0 Å². The Morgan fingerprint density at radius 2 is 1.97 bits per heavy atom. The van der Waals surface area contributed by atoms with Gasteiger partial charge in [-0.05, 0) is 73.4 Å². The number of halogens is 4. The lowest BCUT2D eigenvalue weighted by Gasteiger charge is -2.31.